The van der Waals surface area contributed by atoms with Crippen molar-refractivity contribution in [2.75, 3.05) is 33.4 Å². The number of likely N-dealkylation sites (N-methyl/N-ethyl adjacent to an activating group) is 1. The summed E-state index contributed by atoms with van der Waals surface area (Å²) in [6, 6.07) is 17.9. The Kier molecular flexibility index (Phi) is 12.2. The van der Waals surface area contributed by atoms with Crippen LogP contribution in [0.15, 0.2) is 48.5 Å². The first-order chi connectivity index (χ1) is 17.4. The quantitative estimate of drug-likeness (QED) is 0.342. The molecule has 2 unspecified atom stereocenters. The lowest BCUT2D eigenvalue weighted by molar-refractivity contribution is -0.950. The molecule has 214 valence electrons. The van der Waals surface area contributed by atoms with Gasteiger partial charge in [0, 0.05) is 5.56 Å². The molecule has 1 N–H and O–H groups in total. The third kappa shape index (κ3) is 9.55. The van der Waals surface area contributed by atoms with Gasteiger partial charge in [-0.05, 0) is 53.7 Å². The van der Waals surface area contributed by atoms with Crippen molar-refractivity contribution < 1.29 is 31.5 Å². The van der Waals surface area contributed by atoms with Crippen LogP contribution in [0.25, 0.3) is 0 Å². The fourth-order valence-electron chi connectivity index (χ4n) is 5.72. The highest BCUT2D eigenvalue weighted by Crippen LogP contribution is 2.35. The van der Waals surface area contributed by atoms with Crippen molar-refractivity contribution in [2.45, 2.75) is 103 Å². The molecule has 0 spiro atoms. The van der Waals surface area contributed by atoms with Gasteiger partial charge in [0.2, 0.25) is 0 Å². The molecule has 1 fully saturated rings. The maximum absolute atomic E-state index is 11.0. The summed E-state index contributed by atoms with van der Waals surface area (Å²) in [5, 5.41) is 11.0. The highest BCUT2D eigenvalue weighted by molar-refractivity contribution is 5.43. The number of aliphatic hydroxyl groups excluding tert-OH is 1. The molecule has 2 atom stereocenters. The number of aliphatic hydroxyl groups is 1. The summed E-state index contributed by atoms with van der Waals surface area (Å²) in [6.07, 6.45) is 5.93. The molecule has 0 heterocycles. The molecule has 2 aromatic carbocycles. The predicted octanol–water partition coefficient (Wildman–Crippen LogP) is 4.02. The van der Waals surface area contributed by atoms with Crippen molar-refractivity contribution in [1.82, 2.24) is 0 Å². The van der Waals surface area contributed by atoms with Gasteiger partial charge < -0.3 is 31.5 Å². The Balaban J connectivity index is 0.00000507. The molecule has 4 nitrogen and oxygen atoms in total. The minimum absolute atomic E-state index is 0. The fourth-order valence-corrected chi connectivity index (χ4v) is 5.72. The zero-order valence-electron chi connectivity index (χ0n) is 24.9. The van der Waals surface area contributed by atoms with Crippen LogP contribution in [0.3, 0.4) is 0 Å². The highest BCUT2D eigenvalue weighted by Gasteiger charge is 2.36. The van der Waals surface area contributed by atoms with Gasteiger partial charge >= 0.3 is 0 Å². The minimum atomic E-state index is -0.494. The summed E-state index contributed by atoms with van der Waals surface area (Å²) in [7, 11) is 2.32. The fraction of sp³-hybridized carbons (Fsp3) is 0.636. The number of nitrogens with zero attached hydrogens (tertiary/aromatic N) is 1. The molecule has 1 saturated carbocycles. The third-order valence-electron chi connectivity index (χ3n) is 7.92. The molecule has 0 bridgehead atoms. The second-order valence-corrected chi connectivity index (χ2v) is 13.4. The SMILES string of the molecule is CC(C)(C)c1ccc(OCCOCC(O)C[N+](C)(Cc2ccccc2)C2CCCCC2)c(C(C)(C)C)c1.[Cl-]. The summed E-state index contributed by atoms with van der Waals surface area (Å²) < 4.78 is 13.0. The van der Waals surface area contributed by atoms with Gasteiger partial charge in [0.25, 0.3) is 0 Å². The summed E-state index contributed by atoms with van der Waals surface area (Å²) in [4.78, 5) is 0. The second kappa shape index (κ2) is 14.2. The van der Waals surface area contributed by atoms with E-state index in [0.29, 0.717) is 32.4 Å². The zero-order chi connectivity index (χ0) is 27.1. The summed E-state index contributed by atoms with van der Waals surface area (Å²) in [5.74, 6) is 0.925. The standard InChI is InChI=1S/C33H52NO3.ClH/c1-32(2,3)27-18-19-31(30(22-27)33(4,5)6)37-21-20-36-25-29(35)24-34(7,28-16-12-9-13-17-28)23-26-14-10-8-11-15-26;/h8,10-11,14-15,18-19,22,28-29,35H,9,12-13,16-17,20-21,23-25H2,1-7H3;1H/q+1;/p-1. The van der Waals surface area contributed by atoms with Gasteiger partial charge in [0.05, 0.1) is 26.3 Å². The van der Waals surface area contributed by atoms with Crippen molar-refractivity contribution in [1.29, 1.82) is 0 Å². The number of ether oxygens (including phenoxy) is 2. The predicted molar refractivity (Wildman–Crippen MR) is 154 cm³/mol. The molecule has 1 aliphatic rings. The Morgan fingerprint density at radius 3 is 2.16 bits per heavy atom. The van der Waals surface area contributed by atoms with Crippen molar-refractivity contribution in [3.05, 3.63) is 65.2 Å². The van der Waals surface area contributed by atoms with Crippen LogP contribution < -0.4 is 17.1 Å². The van der Waals surface area contributed by atoms with Crippen LogP contribution >= 0.6 is 0 Å². The van der Waals surface area contributed by atoms with Crippen LogP contribution in [0.2, 0.25) is 0 Å². The number of hydrogen-bond donors (Lipinski definition) is 1. The van der Waals surface area contributed by atoms with Gasteiger partial charge in [-0.1, -0.05) is 90.4 Å². The molecular formula is C33H52ClNO3. The van der Waals surface area contributed by atoms with E-state index in [4.69, 9.17) is 9.47 Å². The smallest absolute Gasteiger partial charge is 0.126 e. The summed E-state index contributed by atoms with van der Waals surface area (Å²) in [5.41, 5.74) is 3.97. The van der Waals surface area contributed by atoms with Gasteiger partial charge in [0.15, 0.2) is 0 Å². The first kappa shape index (κ1) is 32.6. The van der Waals surface area contributed by atoms with Crippen LogP contribution in [0, 0.1) is 0 Å². The average molecular weight is 546 g/mol. The minimum Gasteiger partial charge on any atom is -1.00 e. The Morgan fingerprint density at radius 1 is 0.895 bits per heavy atom. The molecule has 0 radical (unpaired) electrons. The molecule has 0 aliphatic heterocycles. The molecule has 38 heavy (non-hydrogen) atoms. The van der Waals surface area contributed by atoms with Crippen LogP contribution in [0.4, 0.5) is 0 Å². The van der Waals surface area contributed by atoms with Gasteiger partial charge in [-0.3, -0.25) is 0 Å². The lowest BCUT2D eigenvalue weighted by atomic mass is 9.80. The Morgan fingerprint density at radius 2 is 1.55 bits per heavy atom. The van der Waals surface area contributed by atoms with E-state index in [9.17, 15) is 5.11 Å². The highest BCUT2D eigenvalue weighted by atomic mass is 35.5. The molecule has 1 aliphatic carbocycles. The maximum Gasteiger partial charge on any atom is 0.126 e. The second-order valence-electron chi connectivity index (χ2n) is 13.4. The Hall–Kier alpha value is -1.59. The summed E-state index contributed by atoms with van der Waals surface area (Å²) >= 11 is 0. The first-order valence-corrected chi connectivity index (χ1v) is 14.3. The zero-order valence-corrected chi connectivity index (χ0v) is 25.7. The van der Waals surface area contributed by atoms with Gasteiger partial charge in [-0.15, -0.1) is 0 Å². The lowest BCUT2D eigenvalue weighted by Gasteiger charge is -2.44. The lowest BCUT2D eigenvalue weighted by Crippen LogP contribution is -3.00. The normalized spacial score (nSPS) is 17.4. The van der Waals surface area contributed by atoms with Crippen LogP contribution in [0.5, 0.6) is 5.75 Å². The van der Waals surface area contributed by atoms with E-state index < -0.39 is 6.10 Å². The molecule has 0 saturated heterocycles. The maximum atomic E-state index is 11.0. The van der Waals surface area contributed by atoms with Gasteiger partial charge in [-0.2, -0.15) is 0 Å². The largest absolute Gasteiger partial charge is 1.00 e. The van der Waals surface area contributed by atoms with Crippen LogP contribution in [-0.4, -0.2) is 55.1 Å². The van der Waals surface area contributed by atoms with E-state index in [2.05, 4.69) is 97.1 Å². The van der Waals surface area contributed by atoms with E-state index in [1.165, 1.54) is 48.8 Å². The molecule has 0 aromatic heterocycles. The van der Waals surface area contributed by atoms with E-state index >= 15 is 0 Å². The van der Waals surface area contributed by atoms with Crippen molar-refractivity contribution in [3.63, 3.8) is 0 Å². The van der Waals surface area contributed by atoms with E-state index in [1.54, 1.807) is 0 Å². The summed E-state index contributed by atoms with van der Waals surface area (Å²) in [6.45, 7) is 16.4. The number of benzene rings is 2. The number of halogens is 1. The number of quaternary nitrogens is 1. The third-order valence-corrected chi connectivity index (χ3v) is 7.92. The van der Waals surface area contributed by atoms with Gasteiger partial charge in [0.1, 0.15) is 31.5 Å². The van der Waals surface area contributed by atoms with Crippen LogP contribution in [-0.2, 0) is 22.1 Å². The number of rotatable bonds is 11. The first-order valence-electron chi connectivity index (χ1n) is 14.3. The average Bonchev–Trinajstić information content (AvgIpc) is 2.83. The number of hydrogen-bond acceptors (Lipinski definition) is 3. The topological polar surface area (TPSA) is 38.7 Å². The molecule has 5 heteroatoms. The van der Waals surface area contributed by atoms with Crippen LogP contribution in [0.1, 0.15) is 90.3 Å². The van der Waals surface area contributed by atoms with E-state index in [-0.39, 0.29) is 23.2 Å². The monoisotopic (exact) mass is 545 g/mol. The Labute approximate surface area is 238 Å². The van der Waals surface area contributed by atoms with Crippen molar-refractivity contribution in [3.8, 4) is 5.75 Å². The van der Waals surface area contributed by atoms with Gasteiger partial charge in [-0.25, -0.2) is 0 Å². The van der Waals surface area contributed by atoms with E-state index in [1.807, 2.05) is 0 Å². The van der Waals surface area contributed by atoms with Crippen molar-refractivity contribution >= 4 is 0 Å². The van der Waals surface area contributed by atoms with Crippen molar-refractivity contribution in [2.24, 2.45) is 0 Å². The molecule has 0 amide bonds. The van der Waals surface area contributed by atoms with E-state index in [0.717, 1.165) is 16.8 Å². The molecular weight excluding hydrogens is 494 g/mol. The molecule has 3 rings (SSSR count). The molecule has 2 aromatic rings. The Bertz CT molecular complexity index is 960.